The van der Waals surface area contributed by atoms with Crippen molar-refractivity contribution in [1.29, 1.82) is 0 Å². The molecule has 0 atom stereocenters. The molecule has 0 aliphatic heterocycles. The molecule has 0 heterocycles. The largest absolute Gasteiger partial charge is 0.377 e. The van der Waals surface area contributed by atoms with Crippen LogP contribution in [-0.4, -0.2) is 15.4 Å². The van der Waals surface area contributed by atoms with Crippen molar-refractivity contribution in [3.63, 3.8) is 0 Å². The molecule has 2 aromatic rings. The highest BCUT2D eigenvalue weighted by Gasteiger charge is 2.23. The maximum atomic E-state index is 5.93. The normalized spacial score (nSPS) is 12.3. The Kier molecular flexibility index (Phi) is 5.05. The van der Waals surface area contributed by atoms with Crippen LogP contribution >= 0.6 is 15.9 Å². The van der Waals surface area contributed by atoms with Crippen LogP contribution in [0, 0.1) is 0 Å². The third kappa shape index (κ3) is 3.93. The Morgan fingerprint density at radius 2 is 1.70 bits per heavy atom. The molecule has 0 aliphatic rings. The van der Waals surface area contributed by atoms with Gasteiger partial charge in [0, 0.05) is 11.1 Å². The van der Waals surface area contributed by atoms with Gasteiger partial charge in [-0.2, -0.15) is 0 Å². The van der Waals surface area contributed by atoms with Crippen LogP contribution in [0.5, 0.6) is 0 Å². The molecule has 0 unspecified atom stereocenters. The van der Waals surface area contributed by atoms with Crippen molar-refractivity contribution < 1.29 is 4.74 Å². The van der Waals surface area contributed by atoms with E-state index in [0.717, 1.165) is 11.1 Å². The van der Waals surface area contributed by atoms with E-state index in [2.05, 4.69) is 79.3 Å². The van der Waals surface area contributed by atoms with Gasteiger partial charge in [-0.3, -0.25) is 0 Å². The predicted molar refractivity (Wildman–Crippen MR) is 92.8 cm³/mol. The van der Waals surface area contributed by atoms with E-state index in [4.69, 9.17) is 4.74 Å². The highest BCUT2D eigenvalue weighted by atomic mass is 79.9. The average Bonchev–Trinajstić information content (AvgIpc) is 2.38. The second-order valence-electron chi connectivity index (χ2n) is 6.20. The molecular formula is C17H22BrOSi. The molecule has 0 bridgehead atoms. The second-order valence-corrected chi connectivity index (χ2v) is 10.5. The molecule has 0 saturated carbocycles. The van der Waals surface area contributed by atoms with Gasteiger partial charge in [-0.25, -0.2) is 0 Å². The minimum absolute atomic E-state index is 0.326. The van der Waals surface area contributed by atoms with E-state index >= 15 is 0 Å². The van der Waals surface area contributed by atoms with E-state index in [0.29, 0.717) is 11.6 Å². The van der Waals surface area contributed by atoms with Crippen molar-refractivity contribution in [1.82, 2.24) is 0 Å². The zero-order valence-corrected chi connectivity index (χ0v) is 15.3. The second kappa shape index (κ2) is 6.42. The molecule has 1 nitrogen and oxygen atoms in total. The van der Waals surface area contributed by atoms with Gasteiger partial charge in [-0.15, -0.1) is 0 Å². The van der Waals surface area contributed by atoms with Gasteiger partial charge >= 0.3 is 0 Å². The minimum Gasteiger partial charge on any atom is -0.377 e. The van der Waals surface area contributed by atoms with Crippen LogP contribution in [0.1, 0.15) is 19.4 Å². The number of benzene rings is 2. The van der Waals surface area contributed by atoms with Gasteiger partial charge < -0.3 is 4.74 Å². The van der Waals surface area contributed by atoms with Crippen LogP contribution in [0.3, 0.4) is 0 Å². The first kappa shape index (κ1) is 15.7. The average molecular weight is 350 g/mol. The first-order valence-electron chi connectivity index (χ1n) is 6.95. The van der Waals surface area contributed by atoms with E-state index in [1.54, 1.807) is 0 Å². The van der Waals surface area contributed by atoms with Gasteiger partial charge in [-0.05, 0) is 39.6 Å². The molecule has 3 heteroatoms. The monoisotopic (exact) mass is 349 g/mol. The maximum Gasteiger partial charge on any atom is 0.0717 e. The summed E-state index contributed by atoms with van der Waals surface area (Å²) in [5, 5.41) is 2.85. The van der Waals surface area contributed by atoms with Crippen molar-refractivity contribution in [3.05, 3.63) is 46.4 Å². The zero-order chi connectivity index (χ0) is 14.8. The Morgan fingerprint density at radius 1 is 1.05 bits per heavy atom. The summed E-state index contributed by atoms with van der Waals surface area (Å²) in [5.74, 6) is 0. The lowest BCUT2D eigenvalue weighted by molar-refractivity contribution is 0.101. The van der Waals surface area contributed by atoms with Gasteiger partial charge in [-0.1, -0.05) is 61.1 Å². The van der Waals surface area contributed by atoms with E-state index in [9.17, 15) is 0 Å². The van der Waals surface area contributed by atoms with Crippen molar-refractivity contribution in [2.45, 2.75) is 38.6 Å². The Labute approximate surface area is 132 Å². The molecule has 0 aliphatic carbocycles. The van der Waals surface area contributed by atoms with Crippen LogP contribution in [0.2, 0.25) is 18.1 Å². The van der Waals surface area contributed by atoms with Crippen molar-refractivity contribution in [3.8, 4) is 0 Å². The van der Waals surface area contributed by atoms with Crippen molar-refractivity contribution in [2.75, 3.05) is 6.61 Å². The summed E-state index contributed by atoms with van der Waals surface area (Å²) in [6.45, 7) is 10.8. The zero-order valence-electron chi connectivity index (χ0n) is 12.7. The van der Waals surface area contributed by atoms with Crippen LogP contribution in [0.15, 0.2) is 40.9 Å². The summed E-state index contributed by atoms with van der Waals surface area (Å²) >= 11 is 3.51. The summed E-state index contributed by atoms with van der Waals surface area (Å²) in [5.41, 5.74) is 1.25. The topological polar surface area (TPSA) is 9.23 Å². The highest BCUT2D eigenvalue weighted by Crippen LogP contribution is 2.29. The summed E-state index contributed by atoms with van der Waals surface area (Å²) < 4.78 is 7.06. The fraction of sp³-hybridized carbons (Fsp3) is 0.412. The molecule has 0 amide bonds. The minimum atomic E-state index is -0.334. The van der Waals surface area contributed by atoms with E-state index in [-0.39, 0.29) is 8.80 Å². The number of halogens is 1. The fourth-order valence-corrected chi connectivity index (χ4v) is 2.69. The van der Waals surface area contributed by atoms with Crippen molar-refractivity contribution >= 4 is 35.5 Å². The number of ether oxygens (including phenoxy) is 1. The third-order valence-electron chi connectivity index (χ3n) is 3.95. The van der Waals surface area contributed by atoms with Crippen LogP contribution in [0.25, 0.3) is 10.8 Å². The number of hydrogen-bond donors (Lipinski definition) is 0. The van der Waals surface area contributed by atoms with Gasteiger partial charge in [0.15, 0.2) is 0 Å². The van der Waals surface area contributed by atoms with Gasteiger partial charge in [0.25, 0.3) is 0 Å². The fourth-order valence-electron chi connectivity index (χ4n) is 1.92. The third-order valence-corrected chi connectivity index (χ3v) is 7.30. The molecule has 0 aromatic heterocycles. The smallest absolute Gasteiger partial charge is 0.0717 e. The van der Waals surface area contributed by atoms with Crippen LogP contribution in [-0.2, 0) is 11.3 Å². The van der Waals surface area contributed by atoms with E-state index in [1.807, 2.05) is 0 Å². The molecule has 0 saturated heterocycles. The Bertz CT molecular complexity index is 593. The first-order chi connectivity index (χ1) is 9.38. The Balaban J connectivity index is 2.02. The number of hydrogen-bond acceptors (Lipinski definition) is 1. The molecule has 2 rings (SSSR count). The predicted octanol–water partition coefficient (Wildman–Crippen LogP) is 5.65. The number of rotatable bonds is 5. The first-order valence-corrected chi connectivity index (χ1v) is 10.2. The maximum absolute atomic E-state index is 5.93. The molecule has 0 fully saturated rings. The van der Waals surface area contributed by atoms with Crippen LogP contribution in [0.4, 0.5) is 0 Å². The lowest BCUT2D eigenvalue weighted by Gasteiger charge is -2.27. The summed E-state index contributed by atoms with van der Waals surface area (Å²) in [6, 6.07) is 12.9. The molecule has 0 N–H and O–H groups in total. The van der Waals surface area contributed by atoms with Gasteiger partial charge in [0.1, 0.15) is 0 Å². The SMILES string of the molecule is C[Si](C)C(C)(C)COCc1ccc2cc(Br)ccc2c1. The number of fused-ring (bicyclic) bond motifs is 1. The van der Waals surface area contributed by atoms with Gasteiger partial charge in [0.2, 0.25) is 0 Å². The standard InChI is InChI=1S/C17H22BrOSi/c1-17(2,20(3)4)12-19-11-13-5-6-15-10-16(18)8-7-14(15)9-13/h5-10H,11-12H2,1-4H3. The lowest BCUT2D eigenvalue weighted by Crippen LogP contribution is -2.26. The molecular weight excluding hydrogens is 328 g/mol. The van der Waals surface area contributed by atoms with Crippen LogP contribution < -0.4 is 0 Å². The Hall–Kier alpha value is -0.643. The summed E-state index contributed by atoms with van der Waals surface area (Å²) in [6.07, 6.45) is 0. The molecule has 2 aromatic carbocycles. The highest BCUT2D eigenvalue weighted by molar-refractivity contribution is 9.10. The molecule has 107 valence electrons. The summed E-state index contributed by atoms with van der Waals surface area (Å²) in [7, 11) is -0.334. The molecule has 1 radical (unpaired) electrons. The Morgan fingerprint density at radius 3 is 2.40 bits per heavy atom. The summed E-state index contributed by atoms with van der Waals surface area (Å²) in [4.78, 5) is 0. The molecule has 0 spiro atoms. The van der Waals surface area contributed by atoms with E-state index < -0.39 is 0 Å². The van der Waals surface area contributed by atoms with Crippen molar-refractivity contribution in [2.24, 2.45) is 0 Å². The lowest BCUT2D eigenvalue weighted by atomic mass is 10.1. The van der Waals surface area contributed by atoms with E-state index in [1.165, 1.54) is 16.3 Å². The molecule has 20 heavy (non-hydrogen) atoms. The quantitative estimate of drug-likeness (QED) is 0.633. The van der Waals surface area contributed by atoms with Gasteiger partial charge in [0.05, 0.1) is 15.4 Å².